The summed E-state index contributed by atoms with van der Waals surface area (Å²) >= 11 is 0. The van der Waals surface area contributed by atoms with E-state index in [1.165, 1.54) is 24.0 Å². The summed E-state index contributed by atoms with van der Waals surface area (Å²) in [6, 6.07) is 6.34. The highest BCUT2D eigenvalue weighted by Gasteiger charge is 2.38. The summed E-state index contributed by atoms with van der Waals surface area (Å²) in [6.07, 6.45) is 4.13. The predicted octanol–water partition coefficient (Wildman–Crippen LogP) is 1.41. The van der Waals surface area contributed by atoms with Crippen LogP contribution in [0.2, 0.25) is 0 Å². The molecule has 0 spiro atoms. The van der Waals surface area contributed by atoms with Gasteiger partial charge in [-0.2, -0.15) is 4.98 Å². The summed E-state index contributed by atoms with van der Waals surface area (Å²) in [5.74, 6) is 0.882. The molecular weight excluding hydrogens is 254 g/mol. The third-order valence-corrected chi connectivity index (χ3v) is 4.31. The Morgan fingerprint density at radius 3 is 3.00 bits per heavy atom. The summed E-state index contributed by atoms with van der Waals surface area (Å²) in [7, 11) is 0. The molecule has 2 N–H and O–H groups in total. The first-order valence-electron chi connectivity index (χ1n) is 7.14. The van der Waals surface area contributed by atoms with Gasteiger partial charge >= 0.3 is 0 Å². The van der Waals surface area contributed by atoms with Gasteiger partial charge in [0, 0.05) is 12.1 Å². The maximum absolute atomic E-state index is 10.4. The van der Waals surface area contributed by atoms with Crippen molar-refractivity contribution in [3.05, 3.63) is 35.2 Å². The molecule has 5 heteroatoms. The first-order chi connectivity index (χ1) is 9.74. The topological polar surface area (TPSA) is 71.2 Å². The fourth-order valence-corrected chi connectivity index (χ4v) is 3.10. The van der Waals surface area contributed by atoms with Crippen LogP contribution in [0, 0.1) is 0 Å². The van der Waals surface area contributed by atoms with Gasteiger partial charge < -0.3 is 14.9 Å². The molecule has 0 bridgehead atoms. The molecule has 1 aromatic heterocycles. The Balaban J connectivity index is 1.68. The number of aromatic nitrogens is 2. The normalized spacial score (nSPS) is 25.1. The Hall–Kier alpha value is -1.72. The third kappa shape index (κ3) is 1.85. The third-order valence-electron chi connectivity index (χ3n) is 4.31. The highest BCUT2D eigenvalue weighted by Crippen LogP contribution is 2.30. The highest BCUT2D eigenvalue weighted by atomic mass is 16.5. The molecule has 0 saturated carbocycles. The van der Waals surface area contributed by atoms with Gasteiger partial charge in [0.05, 0.1) is 0 Å². The lowest BCUT2D eigenvalue weighted by atomic mass is 10.0. The number of nitrogens with zero attached hydrogens (tertiary/aromatic N) is 2. The predicted molar refractivity (Wildman–Crippen MR) is 73.1 cm³/mol. The number of hydrogen-bond donors (Lipinski definition) is 2. The zero-order chi connectivity index (χ0) is 13.6. The monoisotopic (exact) mass is 271 g/mol. The molecule has 1 atom stereocenters. The smallest absolute Gasteiger partial charge is 0.260 e. The second-order valence-corrected chi connectivity index (χ2v) is 5.72. The van der Waals surface area contributed by atoms with Crippen molar-refractivity contribution in [2.24, 2.45) is 0 Å². The Bertz CT molecular complexity index is 644. The Labute approximate surface area is 117 Å². The second kappa shape index (κ2) is 4.40. The maximum Gasteiger partial charge on any atom is 0.260 e. The van der Waals surface area contributed by atoms with Gasteiger partial charge in [-0.25, -0.2) is 0 Å². The molecule has 5 nitrogen and oxygen atoms in total. The van der Waals surface area contributed by atoms with Crippen molar-refractivity contribution < 1.29 is 9.63 Å². The SMILES string of the molecule is OC1(c2nc(-c3ccc4c(c3)CCC4)no2)CCNC1. The Morgan fingerprint density at radius 1 is 1.25 bits per heavy atom. The molecule has 0 radical (unpaired) electrons. The summed E-state index contributed by atoms with van der Waals surface area (Å²) in [5.41, 5.74) is 2.77. The van der Waals surface area contributed by atoms with Crippen molar-refractivity contribution in [3.63, 3.8) is 0 Å². The van der Waals surface area contributed by atoms with Crippen LogP contribution in [0.5, 0.6) is 0 Å². The number of aryl methyl sites for hydroxylation is 2. The van der Waals surface area contributed by atoms with Crippen LogP contribution in [-0.2, 0) is 18.4 Å². The first kappa shape index (κ1) is 12.1. The minimum absolute atomic E-state index is 0.318. The number of aliphatic hydroxyl groups is 1. The largest absolute Gasteiger partial charge is 0.379 e. The van der Waals surface area contributed by atoms with E-state index < -0.39 is 5.60 Å². The van der Waals surface area contributed by atoms with Gasteiger partial charge in [-0.15, -0.1) is 0 Å². The lowest BCUT2D eigenvalue weighted by Gasteiger charge is -2.14. The van der Waals surface area contributed by atoms with E-state index >= 15 is 0 Å². The quantitative estimate of drug-likeness (QED) is 0.864. The standard InChI is InChI=1S/C15H17N3O2/c19-15(6-7-16-9-15)14-17-13(18-20-14)12-5-4-10-2-1-3-11(10)8-12/h4-5,8,16,19H,1-3,6-7,9H2. The van der Waals surface area contributed by atoms with E-state index in [2.05, 4.69) is 27.6 Å². The van der Waals surface area contributed by atoms with E-state index in [4.69, 9.17) is 4.52 Å². The van der Waals surface area contributed by atoms with Gasteiger partial charge in [-0.1, -0.05) is 17.3 Å². The Kier molecular flexibility index (Phi) is 2.65. The number of β-amino-alcohol motifs (C(OH)–C–C–N with tert-alkyl or cyclic N) is 1. The van der Waals surface area contributed by atoms with Crippen LogP contribution in [0.1, 0.15) is 29.9 Å². The molecular formula is C15H17N3O2. The lowest BCUT2D eigenvalue weighted by molar-refractivity contribution is 0.0243. The van der Waals surface area contributed by atoms with Crippen molar-refractivity contribution >= 4 is 0 Å². The average molecular weight is 271 g/mol. The number of hydrogen-bond acceptors (Lipinski definition) is 5. The molecule has 2 heterocycles. The van der Waals surface area contributed by atoms with Crippen LogP contribution in [0.4, 0.5) is 0 Å². The lowest BCUT2D eigenvalue weighted by Crippen LogP contribution is -2.28. The van der Waals surface area contributed by atoms with E-state index in [-0.39, 0.29) is 0 Å². The number of rotatable bonds is 2. The molecule has 104 valence electrons. The van der Waals surface area contributed by atoms with E-state index in [9.17, 15) is 5.11 Å². The molecule has 1 aromatic carbocycles. The summed E-state index contributed by atoms with van der Waals surface area (Å²) in [4.78, 5) is 4.39. The van der Waals surface area contributed by atoms with E-state index in [0.29, 0.717) is 24.7 Å². The zero-order valence-corrected chi connectivity index (χ0v) is 11.2. The Morgan fingerprint density at radius 2 is 2.15 bits per heavy atom. The van der Waals surface area contributed by atoms with Gasteiger partial charge in [-0.05, 0) is 49.4 Å². The van der Waals surface area contributed by atoms with Crippen molar-refractivity contribution in [1.29, 1.82) is 0 Å². The summed E-state index contributed by atoms with van der Waals surface area (Å²) in [5, 5.41) is 17.6. The van der Waals surface area contributed by atoms with Crippen LogP contribution in [0.3, 0.4) is 0 Å². The maximum atomic E-state index is 10.4. The van der Waals surface area contributed by atoms with Gasteiger partial charge in [0.25, 0.3) is 5.89 Å². The molecule has 2 aliphatic rings. The van der Waals surface area contributed by atoms with E-state index in [1.807, 2.05) is 6.07 Å². The van der Waals surface area contributed by atoms with Crippen molar-refractivity contribution in [1.82, 2.24) is 15.5 Å². The van der Waals surface area contributed by atoms with Crippen LogP contribution >= 0.6 is 0 Å². The van der Waals surface area contributed by atoms with Gasteiger partial charge in [0.1, 0.15) is 0 Å². The molecule has 0 amide bonds. The highest BCUT2D eigenvalue weighted by molar-refractivity contribution is 5.57. The molecule has 4 rings (SSSR count). The molecule has 1 saturated heterocycles. The van der Waals surface area contributed by atoms with Gasteiger partial charge in [-0.3, -0.25) is 0 Å². The molecule has 1 fully saturated rings. The molecule has 1 aliphatic carbocycles. The second-order valence-electron chi connectivity index (χ2n) is 5.72. The molecule has 2 aromatic rings. The van der Waals surface area contributed by atoms with Crippen LogP contribution < -0.4 is 5.32 Å². The first-order valence-corrected chi connectivity index (χ1v) is 7.14. The zero-order valence-electron chi connectivity index (χ0n) is 11.2. The van der Waals surface area contributed by atoms with Crippen molar-refractivity contribution in [2.45, 2.75) is 31.3 Å². The molecule has 1 unspecified atom stereocenters. The summed E-state index contributed by atoms with van der Waals surface area (Å²) < 4.78 is 5.27. The number of benzene rings is 1. The number of nitrogens with one attached hydrogen (secondary N) is 1. The molecule has 20 heavy (non-hydrogen) atoms. The van der Waals surface area contributed by atoms with Crippen LogP contribution in [0.15, 0.2) is 22.7 Å². The fourth-order valence-electron chi connectivity index (χ4n) is 3.10. The van der Waals surface area contributed by atoms with Gasteiger partial charge in [0.15, 0.2) is 5.60 Å². The number of fused-ring (bicyclic) bond motifs is 1. The van der Waals surface area contributed by atoms with E-state index in [0.717, 1.165) is 18.5 Å². The molecule has 1 aliphatic heterocycles. The summed E-state index contributed by atoms with van der Waals surface area (Å²) in [6.45, 7) is 1.24. The van der Waals surface area contributed by atoms with Crippen LogP contribution in [0.25, 0.3) is 11.4 Å². The minimum Gasteiger partial charge on any atom is -0.379 e. The van der Waals surface area contributed by atoms with Crippen molar-refractivity contribution in [3.8, 4) is 11.4 Å². The van der Waals surface area contributed by atoms with Gasteiger partial charge in [0.2, 0.25) is 5.82 Å². The minimum atomic E-state index is -1.01. The van der Waals surface area contributed by atoms with E-state index in [1.54, 1.807) is 0 Å². The van der Waals surface area contributed by atoms with Crippen molar-refractivity contribution in [2.75, 3.05) is 13.1 Å². The average Bonchev–Trinajstić information content (AvgIpc) is 3.18. The van der Waals surface area contributed by atoms with Crippen LogP contribution in [-0.4, -0.2) is 28.3 Å². The fraction of sp³-hybridized carbons (Fsp3) is 0.467.